The molecule has 0 fully saturated rings. The van der Waals surface area contributed by atoms with Gasteiger partial charge in [-0.05, 0) is 35.0 Å². The Kier molecular flexibility index (Phi) is 4.39. The Morgan fingerprint density at radius 3 is 2.95 bits per heavy atom. The summed E-state index contributed by atoms with van der Waals surface area (Å²) < 4.78 is 0.846. The van der Waals surface area contributed by atoms with Crippen LogP contribution in [0.25, 0.3) is 11.2 Å². The summed E-state index contributed by atoms with van der Waals surface area (Å²) in [5, 5.41) is 3.29. The van der Waals surface area contributed by atoms with Crippen LogP contribution >= 0.6 is 27.7 Å². The average molecular weight is 378 g/mol. The highest BCUT2D eigenvalue weighted by molar-refractivity contribution is 9.10. The van der Waals surface area contributed by atoms with Gasteiger partial charge in [0.1, 0.15) is 16.9 Å². The van der Waals surface area contributed by atoms with Crippen molar-refractivity contribution in [1.29, 1.82) is 0 Å². The molecule has 2 N–H and O–H groups in total. The summed E-state index contributed by atoms with van der Waals surface area (Å²) in [6.07, 6.45) is 3.01. The van der Waals surface area contributed by atoms with Gasteiger partial charge in [-0.3, -0.25) is 4.79 Å². The number of carbonyl (C=O) groups excluding carboxylic acids is 1. The van der Waals surface area contributed by atoms with E-state index < -0.39 is 0 Å². The molecule has 6 nitrogen and oxygen atoms in total. The van der Waals surface area contributed by atoms with E-state index in [1.165, 1.54) is 18.1 Å². The second-order valence-corrected chi connectivity index (χ2v) is 6.69. The number of benzene rings is 1. The van der Waals surface area contributed by atoms with E-state index in [0.717, 1.165) is 15.7 Å². The molecule has 1 aromatic carbocycles. The number of amides is 1. The number of rotatable bonds is 4. The van der Waals surface area contributed by atoms with E-state index in [1.807, 2.05) is 31.2 Å². The van der Waals surface area contributed by atoms with E-state index in [4.69, 9.17) is 0 Å². The summed E-state index contributed by atoms with van der Waals surface area (Å²) in [5.41, 5.74) is 2.08. The smallest absolute Gasteiger partial charge is 0.237 e. The minimum Gasteiger partial charge on any atom is -0.341 e. The van der Waals surface area contributed by atoms with Gasteiger partial charge in [0.05, 0.1) is 17.3 Å². The van der Waals surface area contributed by atoms with Crippen LogP contribution in [-0.4, -0.2) is 31.1 Å². The first-order valence-electron chi connectivity index (χ1n) is 6.51. The summed E-state index contributed by atoms with van der Waals surface area (Å²) in [4.78, 5) is 27.7. The van der Waals surface area contributed by atoms with Crippen molar-refractivity contribution in [3.63, 3.8) is 0 Å². The zero-order chi connectivity index (χ0) is 15.5. The van der Waals surface area contributed by atoms with E-state index in [9.17, 15) is 4.79 Å². The summed E-state index contributed by atoms with van der Waals surface area (Å²) in [6.45, 7) is 1.83. The number of aromatic nitrogens is 4. The fourth-order valence-corrected chi connectivity index (χ4v) is 3.11. The topological polar surface area (TPSA) is 83.6 Å². The summed E-state index contributed by atoms with van der Waals surface area (Å²) in [5.74, 6) is -0.0943. The molecular weight excluding hydrogens is 366 g/mol. The number of para-hydroxylation sites is 1. The van der Waals surface area contributed by atoms with E-state index in [0.29, 0.717) is 10.7 Å². The predicted octanol–water partition coefficient (Wildman–Crippen LogP) is 3.23. The van der Waals surface area contributed by atoms with Crippen molar-refractivity contribution in [2.45, 2.75) is 17.2 Å². The van der Waals surface area contributed by atoms with Crippen molar-refractivity contribution >= 4 is 50.5 Å². The Hall–Kier alpha value is -1.93. The second-order valence-electron chi connectivity index (χ2n) is 4.51. The van der Waals surface area contributed by atoms with Gasteiger partial charge in [-0.25, -0.2) is 15.0 Å². The zero-order valence-electron chi connectivity index (χ0n) is 11.6. The van der Waals surface area contributed by atoms with Crippen LogP contribution in [-0.2, 0) is 4.79 Å². The summed E-state index contributed by atoms with van der Waals surface area (Å²) in [6, 6.07) is 7.49. The van der Waals surface area contributed by atoms with Crippen LogP contribution in [0.15, 0.2) is 46.4 Å². The van der Waals surface area contributed by atoms with E-state index in [2.05, 4.69) is 41.2 Å². The van der Waals surface area contributed by atoms with Crippen LogP contribution in [0.2, 0.25) is 0 Å². The lowest BCUT2D eigenvalue weighted by atomic mass is 10.3. The first kappa shape index (κ1) is 15.0. The van der Waals surface area contributed by atoms with Gasteiger partial charge in [0.25, 0.3) is 0 Å². The normalized spacial score (nSPS) is 12.3. The highest BCUT2D eigenvalue weighted by Gasteiger charge is 2.18. The van der Waals surface area contributed by atoms with Gasteiger partial charge in [0, 0.05) is 4.47 Å². The SMILES string of the molecule is CC(Sc1ncnc2nc[nH]c12)C(=O)Nc1ccccc1Br. The minimum atomic E-state index is -0.312. The molecule has 0 aliphatic carbocycles. The monoisotopic (exact) mass is 377 g/mol. The molecule has 22 heavy (non-hydrogen) atoms. The zero-order valence-corrected chi connectivity index (χ0v) is 14.0. The van der Waals surface area contributed by atoms with Crippen molar-refractivity contribution in [1.82, 2.24) is 19.9 Å². The Labute approximate surface area is 139 Å². The maximum atomic E-state index is 12.3. The molecule has 0 saturated heterocycles. The molecule has 3 aromatic rings. The number of anilines is 1. The third kappa shape index (κ3) is 3.12. The molecule has 112 valence electrons. The van der Waals surface area contributed by atoms with Crippen LogP contribution in [0.5, 0.6) is 0 Å². The molecule has 0 radical (unpaired) electrons. The van der Waals surface area contributed by atoms with Crippen LogP contribution in [0.3, 0.4) is 0 Å². The van der Waals surface area contributed by atoms with Crippen LogP contribution in [0.1, 0.15) is 6.92 Å². The molecule has 8 heteroatoms. The number of carbonyl (C=O) groups is 1. The van der Waals surface area contributed by atoms with Crippen LogP contribution in [0.4, 0.5) is 5.69 Å². The molecule has 0 spiro atoms. The highest BCUT2D eigenvalue weighted by Crippen LogP contribution is 2.28. The molecule has 2 aromatic heterocycles. The molecule has 1 amide bonds. The quantitative estimate of drug-likeness (QED) is 0.538. The predicted molar refractivity (Wildman–Crippen MR) is 89.8 cm³/mol. The molecule has 3 rings (SSSR count). The van der Waals surface area contributed by atoms with Gasteiger partial charge in [0.2, 0.25) is 5.91 Å². The molecule has 0 aliphatic rings. The molecule has 1 unspecified atom stereocenters. The Balaban J connectivity index is 1.74. The lowest BCUT2D eigenvalue weighted by Crippen LogP contribution is -2.22. The second kappa shape index (κ2) is 6.45. The van der Waals surface area contributed by atoms with Crippen LogP contribution < -0.4 is 5.32 Å². The fraction of sp³-hybridized carbons (Fsp3) is 0.143. The maximum absolute atomic E-state index is 12.3. The van der Waals surface area contributed by atoms with Gasteiger partial charge in [-0.15, -0.1) is 0 Å². The molecule has 0 aliphatic heterocycles. The highest BCUT2D eigenvalue weighted by atomic mass is 79.9. The maximum Gasteiger partial charge on any atom is 0.237 e. The van der Waals surface area contributed by atoms with Crippen molar-refractivity contribution in [2.75, 3.05) is 5.32 Å². The van der Waals surface area contributed by atoms with Gasteiger partial charge < -0.3 is 10.3 Å². The van der Waals surface area contributed by atoms with Gasteiger partial charge in [0.15, 0.2) is 5.65 Å². The molecule has 2 heterocycles. The molecule has 0 saturated carbocycles. The number of imidazole rings is 1. The number of hydrogen-bond donors (Lipinski definition) is 2. The largest absolute Gasteiger partial charge is 0.341 e. The lowest BCUT2D eigenvalue weighted by molar-refractivity contribution is -0.115. The molecular formula is C14H12BrN5OS. The third-order valence-electron chi connectivity index (χ3n) is 2.98. The van der Waals surface area contributed by atoms with Gasteiger partial charge in [-0.2, -0.15) is 0 Å². The number of aromatic amines is 1. The molecule has 0 bridgehead atoms. The number of nitrogens with zero attached hydrogens (tertiary/aromatic N) is 3. The number of hydrogen-bond acceptors (Lipinski definition) is 5. The first-order chi connectivity index (χ1) is 10.6. The van der Waals surface area contributed by atoms with E-state index >= 15 is 0 Å². The third-order valence-corrected chi connectivity index (χ3v) is 4.77. The van der Waals surface area contributed by atoms with Gasteiger partial charge >= 0.3 is 0 Å². The Morgan fingerprint density at radius 2 is 2.14 bits per heavy atom. The molecule has 1 atom stereocenters. The number of H-pyrrole nitrogens is 1. The summed E-state index contributed by atoms with van der Waals surface area (Å²) >= 11 is 4.77. The van der Waals surface area contributed by atoms with Crippen LogP contribution in [0, 0.1) is 0 Å². The fourth-order valence-electron chi connectivity index (χ4n) is 1.85. The minimum absolute atomic E-state index is 0.0943. The van der Waals surface area contributed by atoms with Gasteiger partial charge in [-0.1, -0.05) is 23.9 Å². The van der Waals surface area contributed by atoms with E-state index in [-0.39, 0.29) is 11.2 Å². The Bertz CT molecular complexity index is 822. The van der Waals surface area contributed by atoms with Crippen molar-refractivity contribution < 1.29 is 4.79 Å². The number of halogens is 1. The van der Waals surface area contributed by atoms with E-state index in [1.54, 1.807) is 6.33 Å². The van der Waals surface area contributed by atoms with Crippen molar-refractivity contribution in [3.8, 4) is 0 Å². The standard InChI is InChI=1S/C14H12BrN5OS/c1-8(13(21)20-10-5-3-2-4-9(10)15)22-14-11-12(17-6-16-11)18-7-19-14/h2-8H,1H3,(H,20,21)(H,16,17,18,19). The number of thioether (sulfide) groups is 1. The van der Waals surface area contributed by atoms with Crippen molar-refractivity contribution in [2.24, 2.45) is 0 Å². The van der Waals surface area contributed by atoms with Crippen molar-refractivity contribution in [3.05, 3.63) is 41.4 Å². The lowest BCUT2D eigenvalue weighted by Gasteiger charge is -2.12. The number of nitrogens with one attached hydrogen (secondary N) is 2. The first-order valence-corrected chi connectivity index (χ1v) is 8.18. The average Bonchev–Trinajstić information content (AvgIpc) is 2.99. The Morgan fingerprint density at radius 1 is 1.32 bits per heavy atom. The number of fused-ring (bicyclic) bond motifs is 1. The summed E-state index contributed by atoms with van der Waals surface area (Å²) in [7, 11) is 0.